The van der Waals surface area contributed by atoms with E-state index in [0.29, 0.717) is 5.92 Å². The molecule has 0 aliphatic rings. The van der Waals surface area contributed by atoms with Crippen molar-refractivity contribution in [3.05, 3.63) is 24.0 Å². The topological polar surface area (TPSA) is 41.1 Å². The molecule has 0 atom stereocenters. The number of benzene rings is 1. The number of halogens is 1. The fraction of sp³-hybridized carbons (Fsp3) is 0.417. The maximum atomic E-state index is 13.3. The maximum Gasteiger partial charge on any atom is 0.221 e. The first-order chi connectivity index (χ1) is 7.49. The van der Waals surface area contributed by atoms with Crippen molar-refractivity contribution in [2.75, 3.05) is 17.2 Å². The number of carbonyl (C=O) groups excluding carboxylic acids is 1. The maximum absolute atomic E-state index is 13.3. The van der Waals surface area contributed by atoms with Crippen molar-refractivity contribution in [1.82, 2.24) is 0 Å². The van der Waals surface area contributed by atoms with Crippen molar-refractivity contribution in [2.24, 2.45) is 5.92 Å². The molecular formula is C12H17FN2O. The molecule has 1 rings (SSSR count). The van der Waals surface area contributed by atoms with Crippen LogP contribution in [0.4, 0.5) is 15.8 Å². The Kier molecular flexibility index (Phi) is 4.28. The van der Waals surface area contributed by atoms with Crippen LogP contribution in [0.2, 0.25) is 0 Å². The van der Waals surface area contributed by atoms with Crippen molar-refractivity contribution < 1.29 is 9.18 Å². The molecular weight excluding hydrogens is 207 g/mol. The number of hydrogen-bond acceptors (Lipinski definition) is 2. The van der Waals surface area contributed by atoms with Gasteiger partial charge in [-0.1, -0.05) is 13.8 Å². The van der Waals surface area contributed by atoms with E-state index in [0.717, 1.165) is 12.2 Å². The smallest absolute Gasteiger partial charge is 0.221 e. The molecule has 1 amide bonds. The van der Waals surface area contributed by atoms with Gasteiger partial charge in [-0.25, -0.2) is 4.39 Å². The van der Waals surface area contributed by atoms with Crippen LogP contribution in [0.1, 0.15) is 20.8 Å². The lowest BCUT2D eigenvalue weighted by molar-refractivity contribution is -0.114. The van der Waals surface area contributed by atoms with Crippen molar-refractivity contribution >= 4 is 17.3 Å². The van der Waals surface area contributed by atoms with Gasteiger partial charge in [0.2, 0.25) is 5.91 Å². The number of amides is 1. The van der Waals surface area contributed by atoms with E-state index in [-0.39, 0.29) is 11.6 Å². The molecule has 0 aliphatic carbocycles. The number of carbonyl (C=O) groups is 1. The molecule has 0 fully saturated rings. The molecule has 0 heterocycles. The van der Waals surface area contributed by atoms with E-state index < -0.39 is 5.82 Å². The van der Waals surface area contributed by atoms with Gasteiger partial charge < -0.3 is 10.6 Å². The van der Waals surface area contributed by atoms with Gasteiger partial charge in [-0.2, -0.15) is 0 Å². The molecule has 3 nitrogen and oxygen atoms in total. The van der Waals surface area contributed by atoms with Crippen LogP contribution in [0.25, 0.3) is 0 Å². The largest absolute Gasteiger partial charge is 0.385 e. The molecule has 0 saturated carbocycles. The lowest BCUT2D eigenvalue weighted by Crippen LogP contribution is -2.10. The summed E-state index contributed by atoms with van der Waals surface area (Å²) in [6.45, 7) is 6.34. The van der Waals surface area contributed by atoms with Crippen LogP contribution >= 0.6 is 0 Å². The van der Waals surface area contributed by atoms with Gasteiger partial charge in [0.05, 0.1) is 5.69 Å². The summed E-state index contributed by atoms with van der Waals surface area (Å²) in [6.07, 6.45) is 0. The summed E-state index contributed by atoms with van der Waals surface area (Å²) in [6, 6.07) is 4.59. The van der Waals surface area contributed by atoms with Gasteiger partial charge in [0.25, 0.3) is 0 Å². The Morgan fingerprint density at radius 1 is 1.44 bits per heavy atom. The minimum Gasteiger partial charge on any atom is -0.385 e. The third kappa shape index (κ3) is 3.88. The van der Waals surface area contributed by atoms with E-state index in [1.54, 1.807) is 12.1 Å². The zero-order chi connectivity index (χ0) is 12.1. The summed E-state index contributed by atoms with van der Waals surface area (Å²) in [4.78, 5) is 10.8. The van der Waals surface area contributed by atoms with Crippen LogP contribution in [0.5, 0.6) is 0 Å². The summed E-state index contributed by atoms with van der Waals surface area (Å²) < 4.78 is 13.3. The first-order valence-electron chi connectivity index (χ1n) is 5.30. The predicted molar refractivity (Wildman–Crippen MR) is 64.0 cm³/mol. The summed E-state index contributed by atoms with van der Waals surface area (Å²) >= 11 is 0. The molecule has 0 aliphatic heterocycles. The molecule has 1 aromatic rings. The average Bonchev–Trinajstić information content (AvgIpc) is 2.18. The molecule has 16 heavy (non-hydrogen) atoms. The highest BCUT2D eigenvalue weighted by Gasteiger charge is 2.05. The molecule has 0 unspecified atom stereocenters. The Morgan fingerprint density at radius 2 is 2.12 bits per heavy atom. The number of rotatable bonds is 4. The van der Waals surface area contributed by atoms with E-state index in [9.17, 15) is 9.18 Å². The van der Waals surface area contributed by atoms with Crippen LogP contribution in [-0.4, -0.2) is 12.5 Å². The molecule has 0 radical (unpaired) electrons. The van der Waals surface area contributed by atoms with Gasteiger partial charge in [-0.05, 0) is 24.1 Å². The van der Waals surface area contributed by atoms with Gasteiger partial charge in [0.15, 0.2) is 0 Å². The van der Waals surface area contributed by atoms with Gasteiger partial charge in [-0.3, -0.25) is 4.79 Å². The normalized spacial score (nSPS) is 10.3. The second kappa shape index (κ2) is 5.49. The first kappa shape index (κ1) is 12.5. The third-order valence-corrected chi connectivity index (χ3v) is 1.99. The Bertz CT molecular complexity index is 377. The summed E-state index contributed by atoms with van der Waals surface area (Å²) in [5.74, 6) is -0.195. The quantitative estimate of drug-likeness (QED) is 0.825. The lowest BCUT2D eigenvalue weighted by atomic mass is 10.2. The van der Waals surface area contributed by atoms with Crippen LogP contribution in [0.15, 0.2) is 18.2 Å². The fourth-order valence-corrected chi connectivity index (χ4v) is 1.24. The monoisotopic (exact) mass is 224 g/mol. The minimum atomic E-state index is -0.426. The zero-order valence-electron chi connectivity index (χ0n) is 9.80. The van der Waals surface area contributed by atoms with E-state index in [4.69, 9.17) is 0 Å². The van der Waals surface area contributed by atoms with Crippen molar-refractivity contribution in [3.8, 4) is 0 Å². The number of hydrogen-bond donors (Lipinski definition) is 2. The van der Waals surface area contributed by atoms with E-state index in [1.807, 2.05) is 0 Å². The fourth-order valence-electron chi connectivity index (χ4n) is 1.24. The van der Waals surface area contributed by atoms with Crippen molar-refractivity contribution in [3.63, 3.8) is 0 Å². The minimum absolute atomic E-state index is 0.209. The van der Waals surface area contributed by atoms with E-state index in [1.165, 1.54) is 13.0 Å². The Labute approximate surface area is 95.0 Å². The molecule has 4 heteroatoms. The summed E-state index contributed by atoms with van der Waals surface area (Å²) in [5, 5.41) is 5.61. The van der Waals surface area contributed by atoms with E-state index in [2.05, 4.69) is 24.5 Å². The Morgan fingerprint density at radius 3 is 2.69 bits per heavy atom. The second-order valence-corrected chi connectivity index (χ2v) is 4.15. The van der Waals surface area contributed by atoms with Gasteiger partial charge in [-0.15, -0.1) is 0 Å². The SMILES string of the molecule is CC(=O)Nc1cc(NCC(C)C)ccc1F. The predicted octanol–water partition coefficient (Wildman–Crippen LogP) is 2.85. The van der Waals surface area contributed by atoms with Gasteiger partial charge in [0, 0.05) is 19.2 Å². The Hall–Kier alpha value is -1.58. The van der Waals surface area contributed by atoms with Crippen LogP contribution in [0.3, 0.4) is 0 Å². The number of anilines is 2. The number of nitrogens with one attached hydrogen (secondary N) is 2. The van der Waals surface area contributed by atoms with Crippen LogP contribution in [0, 0.1) is 11.7 Å². The lowest BCUT2D eigenvalue weighted by Gasteiger charge is -2.11. The van der Waals surface area contributed by atoms with Crippen LogP contribution in [-0.2, 0) is 4.79 Å². The van der Waals surface area contributed by atoms with Gasteiger partial charge >= 0.3 is 0 Å². The standard InChI is InChI=1S/C12H17FN2O/c1-8(2)7-14-10-4-5-11(13)12(6-10)15-9(3)16/h4-6,8,14H,7H2,1-3H3,(H,15,16). The highest BCUT2D eigenvalue weighted by Crippen LogP contribution is 2.19. The average molecular weight is 224 g/mol. The molecule has 0 spiro atoms. The zero-order valence-corrected chi connectivity index (χ0v) is 9.80. The highest BCUT2D eigenvalue weighted by molar-refractivity contribution is 5.89. The van der Waals surface area contributed by atoms with Crippen LogP contribution < -0.4 is 10.6 Å². The molecule has 1 aromatic carbocycles. The molecule has 0 bridgehead atoms. The van der Waals surface area contributed by atoms with Crippen molar-refractivity contribution in [2.45, 2.75) is 20.8 Å². The van der Waals surface area contributed by atoms with Gasteiger partial charge in [0.1, 0.15) is 5.82 Å². The van der Waals surface area contributed by atoms with E-state index >= 15 is 0 Å². The summed E-state index contributed by atoms with van der Waals surface area (Å²) in [5.41, 5.74) is 1.01. The first-order valence-corrected chi connectivity index (χ1v) is 5.30. The highest BCUT2D eigenvalue weighted by atomic mass is 19.1. The van der Waals surface area contributed by atoms with Crippen molar-refractivity contribution in [1.29, 1.82) is 0 Å². The Balaban J connectivity index is 2.76. The molecule has 2 N–H and O–H groups in total. The third-order valence-electron chi connectivity index (χ3n) is 1.99. The summed E-state index contributed by atoms with van der Waals surface area (Å²) in [7, 11) is 0. The molecule has 88 valence electrons. The second-order valence-electron chi connectivity index (χ2n) is 4.15. The molecule has 0 saturated heterocycles. The molecule has 0 aromatic heterocycles.